The number of nitrogens with zero attached hydrogens (tertiary/aromatic N) is 2. The van der Waals surface area contributed by atoms with Gasteiger partial charge < -0.3 is 15.0 Å². The number of nitrogens with one attached hydrogen (secondary N) is 1. The monoisotopic (exact) mass is 339 g/mol. The summed E-state index contributed by atoms with van der Waals surface area (Å²) in [5.41, 5.74) is 3.26. The number of para-hydroxylation sites is 1. The molecule has 132 valence electrons. The second kappa shape index (κ2) is 8.03. The molecule has 0 saturated carbocycles. The quantitative estimate of drug-likeness (QED) is 0.929. The predicted octanol–water partition coefficient (Wildman–Crippen LogP) is 3.35. The normalized spacial score (nSPS) is 15.0. The van der Waals surface area contributed by atoms with Crippen LogP contribution in [0.15, 0.2) is 48.5 Å². The minimum absolute atomic E-state index is 0.0287. The van der Waals surface area contributed by atoms with Crippen LogP contribution in [0.4, 0.5) is 10.5 Å². The zero-order valence-corrected chi connectivity index (χ0v) is 14.9. The Kier molecular flexibility index (Phi) is 5.56. The van der Waals surface area contributed by atoms with E-state index in [1.807, 2.05) is 41.3 Å². The molecular weight excluding hydrogens is 314 g/mol. The van der Waals surface area contributed by atoms with Crippen LogP contribution in [0.5, 0.6) is 5.75 Å². The first kappa shape index (κ1) is 17.3. The fourth-order valence-corrected chi connectivity index (χ4v) is 3.10. The molecule has 0 radical (unpaired) electrons. The molecule has 0 atom stereocenters. The Bertz CT molecular complexity index is 710. The van der Waals surface area contributed by atoms with Crippen molar-refractivity contribution in [2.75, 3.05) is 38.6 Å². The van der Waals surface area contributed by atoms with E-state index in [2.05, 4.69) is 29.3 Å². The third kappa shape index (κ3) is 4.51. The first-order chi connectivity index (χ1) is 12.2. The summed E-state index contributed by atoms with van der Waals surface area (Å²) in [6.07, 6.45) is 0. The average molecular weight is 339 g/mol. The SMILES string of the molecule is COc1ccc(C)cc1CN1CCN(C(=O)Nc2ccccc2)CC1. The fourth-order valence-electron chi connectivity index (χ4n) is 3.10. The molecule has 5 nitrogen and oxygen atoms in total. The minimum atomic E-state index is -0.0287. The van der Waals surface area contributed by atoms with E-state index in [0.29, 0.717) is 0 Å². The zero-order valence-electron chi connectivity index (χ0n) is 14.9. The Morgan fingerprint density at radius 3 is 2.48 bits per heavy atom. The Hall–Kier alpha value is -2.53. The maximum Gasteiger partial charge on any atom is 0.321 e. The molecule has 0 bridgehead atoms. The number of methoxy groups -OCH3 is 1. The van der Waals surface area contributed by atoms with E-state index in [1.165, 1.54) is 11.1 Å². The minimum Gasteiger partial charge on any atom is -0.496 e. The van der Waals surface area contributed by atoms with Crippen molar-refractivity contribution in [3.05, 3.63) is 59.7 Å². The lowest BCUT2D eigenvalue weighted by Crippen LogP contribution is -2.49. The summed E-state index contributed by atoms with van der Waals surface area (Å²) in [5, 5.41) is 2.95. The van der Waals surface area contributed by atoms with Gasteiger partial charge in [-0.2, -0.15) is 0 Å². The van der Waals surface area contributed by atoms with Crippen LogP contribution in [0, 0.1) is 6.92 Å². The highest BCUT2D eigenvalue weighted by atomic mass is 16.5. The fraction of sp³-hybridized carbons (Fsp3) is 0.350. The average Bonchev–Trinajstić information content (AvgIpc) is 2.63. The van der Waals surface area contributed by atoms with Gasteiger partial charge in [0.25, 0.3) is 0 Å². The van der Waals surface area contributed by atoms with E-state index >= 15 is 0 Å². The van der Waals surface area contributed by atoms with Crippen LogP contribution in [-0.2, 0) is 6.54 Å². The van der Waals surface area contributed by atoms with E-state index in [-0.39, 0.29) is 6.03 Å². The summed E-state index contributed by atoms with van der Waals surface area (Å²) in [5.74, 6) is 0.926. The standard InChI is InChI=1S/C20H25N3O2/c1-16-8-9-19(25-2)17(14-16)15-22-10-12-23(13-11-22)20(24)21-18-6-4-3-5-7-18/h3-9,14H,10-13,15H2,1-2H3,(H,21,24). The smallest absolute Gasteiger partial charge is 0.321 e. The van der Waals surface area contributed by atoms with Gasteiger partial charge in [0, 0.05) is 44.0 Å². The molecule has 1 saturated heterocycles. The number of benzene rings is 2. The van der Waals surface area contributed by atoms with Gasteiger partial charge in [-0.1, -0.05) is 35.9 Å². The van der Waals surface area contributed by atoms with Crippen molar-refractivity contribution >= 4 is 11.7 Å². The van der Waals surface area contributed by atoms with E-state index in [4.69, 9.17) is 4.74 Å². The van der Waals surface area contributed by atoms with Gasteiger partial charge in [-0.3, -0.25) is 4.90 Å². The van der Waals surface area contributed by atoms with Crippen LogP contribution in [0.1, 0.15) is 11.1 Å². The van der Waals surface area contributed by atoms with Gasteiger partial charge in [0.1, 0.15) is 5.75 Å². The molecule has 0 spiro atoms. The van der Waals surface area contributed by atoms with Crippen molar-refractivity contribution in [1.29, 1.82) is 0 Å². The van der Waals surface area contributed by atoms with E-state index in [9.17, 15) is 4.79 Å². The lowest BCUT2D eigenvalue weighted by Gasteiger charge is -2.35. The van der Waals surface area contributed by atoms with Crippen LogP contribution >= 0.6 is 0 Å². The second-order valence-corrected chi connectivity index (χ2v) is 6.37. The zero-order chi connectivity index (χ0) is 17.6. The van der Waals surface area contributed by atoms with Gasteiger partial charge in [0.05, 0.1) is 7.11 Å². The molecule has 1 aliphatic rings. The summed E-state index contributed by atoms with van der Waals surface area (Å²) >= 11 is 0. The first-order valence-electron chi connectivity index (χ1n) is 8.62. The van der Waals surface area contributed by atoms with Crippen molar-refractivity contribution in [1.82, 2.24) is 9.80 Å². The molecule has 1 fully saturated rings. The van der Waals surface area contributed by atoms with Gasteiger partial charge in [-0.25, -0.2) is 4.79 Å². The van der Waals surface area contributed by atoms with Crippen LogP contribution < -0.4 is 10.1 Å². The highest BCUT2D eigenvalue weighted by molar-refractivity contribution is 5.89. The summed E-state index contributed by atoms with van der Waals surface area (Å²) in [7, 11) is 1.71. The summed E-state index contributed by atoms with van der Waals surface area (Å²) in [4.78, 5) is 16.6. The molecule has 2 aromatic carbocycles. The Labute approximate surface area is 149 Å². The molecule has 2 aromatic rings. The summed E-state index contributed by atoms with van der Waals surface area (Å²) in [6.45, 7) is 6.12. The van der Waals surface area contributed by atoms with Crippen LogP contribution in [0.2, 0.25) is 0 Å². The largest absolute Gasteiger partial charge is 0.496 e. The van der Waals surface area contributed by atoms with Crippen molar-refractivity contribution < 1.29 is 9.53 Å². The predicted molar refractivity (Wildman–Crippen MR) is 100 cm³/mol. The first-order valence-corrected chi connectivity index (χ1v) is 8.62. The van der Waals surface area contributed by atoms with E-state index < -0.39 is 0 Å². The summed E-state index contributed by atoms with van der Waals surface area (Å²) < 4.78 is 5.47. The maximum absolute atomic E-state index is 12.4. The number of aryl methyl sites for hydroxylation is 1. The number of carbonyl (C=O) groups is 1. The second-order valence-electron chi connectivity index (χ2n) is 6.37. The van der Waals surface area contributed by atoms with Crippen molar-refractivity contribution in [2.45, 2.75) is 13.5 Å². The van der Waals surface area contributed by atoms with Crippen molar-refractivity contribution in [2.24, 2.45) is 0 Å². The number of rotatable bonds is 4. The van der Waals surface area contributed by atoms with Crippen LogP contribution in [0.25, 0.3) is 0 Å². The molecule has 0 aromatic heterocycles. The number of piperazine rings is 1. The Balaban J connectivity index is 1.53. The maximum atomic E-state index is 12.4. The lowest BCUT2D eigenvalue weighted by atomic mass is 10.1. The van der Waals surface area contributed by atoms with Gasteiger partial charge in [-0.05, 0) is 25.1 Å². The topological polar surface area (TPSA) is 44.8 Å². The molecule has 1 N–H and O–H groups in total. The molecule has 25 heavy (non-hydrogen) atoms. The third-order valence-electron chi connectivity index (χ3n) is 4.51. The molecule has 5 heteroatoms. The van der Waals surface area contributed by atoms with Crippen LogP contribution in [-0.4, -0.2) is 49.1 Å². The Morgan fingerprint density at radius 1 is 1.08 bits per heavy atom. The molecule has 3 rings (SSSR count). The Morgan fingerprint density at radius 2 is 1.80 bits per heavy atom. The highest BCUT2D eigenvalue weighted by Gasteiger charge is 2.21. The van der Waals surface area contributed by atoms with E-state index in [0.717, 1.165) is 44.2 Å². The number of anilines is 1. The molecule has 2 amide bonds. The molecule has 1 aliphatic heterocycles. The summed E-state index contributed by atoms with van der Waals surface area (Å²) in [6, 6.07) is 15.8. The number of hydrogen-bond acceptors (Lipinski definition) is 3. The molecule has 0 aliphatic carbocycles. The number of urea groups is 1. The van der Waals surface area contributed by atoms with Crippen molar-refractivity contribution in [3.63, 3.8) is 0 Å². The number of ether oxygens (including phenoxy) is 1. The van der Waals surface area contributed by atoms with E-state index in [1.54, 1.807) is 7.11 Å². The lowest BCUT2D eigenvalue weighted by molar-refractivity contribution is 0.142. The van der Waals surface area contributed by atoms with Crippen molar-refractivity contribution in [3.8, 4) is 5.75 Å². The number of hydrogen-bond donors (Lipinski definition) is 1. The number of amides is 2. The highest BCUT2D eigenvalue weighted by Crippen LogP contribution is 2.22. The molecular formula is C20H25N3O2. The third-order valence-corrected chi connectivity index (χ3v) is 4.51. The molecule has 1 heterocycles. The van der Waals surface area contributed by atoms with Gasteiger partial charge in [-0.15, -0.1) is 0 Å². The van der Waals surface area contributed by atoms with Gasteiger partial charge >= 0.3 is 6.03 Å². The molecule has 0 unspecified atom stereocenters. The van der Waals surface area contributed by atoms with Gasteiger partial charge in [0.2, 0.25) is 0 Å². The van der Waals surface area contributed by atoms with Crippen LogP contribution in [0.3, 0.4) is 0 Å². The number of carbonyl (C=O) groups excluding carboxylic acids is 1. The van der Waals surface area contributed by atoms with Gasteiger partial charge in [0.15, 0.2) is 0 Å².